The third-order valence-electron chi connectivity index (χ3n) is 12.3. The van der Waals surface area contributed by atoms with Crippen molar-refractivity contribution in [3.05, 3.63) is 33.8 Å². The molecule has 2 aliphatic heterocycles. The van der Waals surface area contributed by atoms with Crippen LogP contribution in [-0.4, -0.2) is 137 Å². The highest BCUT2D eigenvalue weighted by Crippen LogP contribution is 2.61. The van der Waals surface area contributed by atoms with E-state index < -0.39 is 127 Å². The van der Waals surface area contributed by atoms with Crippen LogP contribution in [0.3, 0.4) is 0 Å². The predicted molar refractivity (Wildman–Crippen MR) is 217 cm³/mol. The van der Waals surface area contributed by atoms with Gasteiger partial charge in [-0.15, -0.1) is 0 Å². The van der Waals surface area contributed by atoms with Gasteiger partial charge in [0.2, 0.25) is 41.4 Å². The van der Waals surface area contributed by atoms with E-state index in [0.29, 0.717) is 34.7 Å². The van der Waals surface area contributed by atoms with E-state index in [1.807, 2.05) is 0 Å². The van der Waals surface area contributed by atoms with Gasteiger partial charge in [-0.25, -0.2) is 13.2 Å². The van der Waals surface area contributed by atoms with Crippen LogP contribution in [0.5, 0.6) is 0 Å². The highest BCUT2D eigenvalue weighted by molar-refractivity contribution is 6.33. The third kappa shape index (κ3) is 11.0. The summed E-state index contributed by atoms with van der Waals surface area (Å²) in [6.07, 6.45) is -10.6. The van der Waals surface area contributed by atoms with Gasteiger partial charge in [0, 0.05) is 56.4 Å². The molecule has 1 aromatic carbocycles. The van der Waals surface area contributed by atoms with Crippen molar-refractivity contribution in [2.75, 3.05) is 27.2 Å². The van der Waals surface area contributed by atoms with E-state index >= 15 is 0 Å². The first-order valence-corrected chi connectivity index (χ1v) is 21.6. The van der Waals surface area contributed by atoms with Gasteiger partial charge < -0.3 is 36.0 Å². The summed E-state index contributed by atoms with van der Waals surface area (Å²) in [6, 6.07) is -2.52. The SMILES string of the molecule is CC(C)C[C@@H]1NC(=O)[C@@H](N(C)C(=O)[C@H](C)NC(=O)[C@@H]2C[C@@H](F)CN2C(=O)C2(C(F)(F)F)CC(F)(F)C2)CCCCNC(=O)C2(CC2)NC(=O)[C@H](Cc2cc(Cl)ccc2Cl)N(C)C1=O. The molecular formula is C41H53Cl2F6N7O7. The molecule has 14 nitrogen and oxygen atoms in total. The lowest BCUT2D eigenvalue weighted by atomic mass is 9.64. The Morgan fingerprint density at radius 2 is 1.67 bits per heavy atom. The average molecular weight is 941 g/mol. The van der Waals surface area contributed by atoms with E-state index in [-0.39, 0.29) is 43.2 Å². The molecule has 0 unspecified atom stereocenters. The maximum atomic E-state index is 14.7. The second-order valence-electron chi connectivity index (χ2n) is 17.7. The van der Waals surface area contributed by atoms with Crippen molar-refractivity contribution >= 4 is 64.6 Å². The molecular weight excluding hydrogens is 887 g/mol. The molecule has 2 saturated carbocycles. The Labute approximate surface area is 370 Å². The highest BCUT2D eigenvalue weighted by atomic mass is 35.5. The predicted octanol–water partition coefficient (Wildman–Crippen LogP) is 4.09. The van der Waals surface area contributed by atoms with Crippen molar-refractivity contribution in [2.24, 2.45) is 11.3 Å². The molecule has 1 aromatic rings. The zero-order valence-electron chi connectivity index (χ0n) is 35.5. The Balaban J connectivity index is 1.37. The summed E-state index contributed by atoms with van der Waals surface area (Å²) in [7, 11) is 2.62. The van der Waals surface area contributed by atoms with Crippen molar-refractivity contribution < 1.29 is 59.9 Å². The number of rotatable bonds is 9. The van der Waals surface area contributed by atoms with Crippen LogP contribution >= 0.6 is 23.2 Å². The standard InChI is InChI=1S/C41H53Cl2F6N7O7/c1-21(2)14-27-35(61)55(5)29(16-23-15-24(42)9-10-26(23)43)33(59)53-39(11-12-39)36(62)50-13-7-6-8-28(31(57)52-27)54(4)34(60)22(3)51-32(58)30-17-25(44)18-56(30)37(63)38(41(47,48)49)19-40(45,46)20-38/h9-10,15,21-22,25,27-30H,6-8,11-14,16-20H2,1-5H3,(H,50,62)(H,51,58)(H,52,57)(H,53,59)/t22-,25+,27-,28-,29-,30-/m0/s1. The molecule has 4 aliphatic rings. The molecule has 350 valence electrons. The molecule has 22 heteroatoms. The Morgan fingerprint density at radius 1 is 1.02 bits per heavy atom. The van der Waals surface area contributed by atoms with Crippen LogP contribution < -0.4 is 21.3 Å². The molecule has 0 aromatic heterocycles. The summed E-state index contributed by atoms with van der Waals surface area (Å²) in [5.74, 6) is -10.5. The minimum Gasteiger partial charge on any atom is -0.354 e. The smallest absolute Gasteiger partial charge is 0.354 e. The molecule has 4 N–H and O–H groups in total. The molecule has 7 amide bonds. The molecule has 63 heavy (non-hydrogen) atoms. The number of hydrogen-bond acceptors (Lipinski definition) is 7. The number of hydrogen-bond donors (Lipinski definition) is 4. The van der Waals surface area contributed by atoms with Crippen molar-refractivity contribution in [3.8, 4) is 0 Å². The Morgan fingerprint density at radius 3 is 2.25 bits per heavy atom. The Bertz CT molecular complexity index is 1960. The first-order chi connectivity index (χ1) is 29.2. The molecule has 5 rings (SSSR count). The summed E-state index contributed by atoms with van der Waals surface area (Å²) < 4.78 is 84.4. The van der Waals surface area contributed by atoms with Gasteiger partial charge in [-0.1, -0.05) is 37.0 Å². The van der Waals surface area contributed by atoms with Gasteiger partial charge in [0.05, 0.1) is 6.54 Å². The number of nitrogens with one attached hydrogen (secondary N) is 4. The quantitative estimate of drug-likeness (QED) is 0.270. The number of carbonyl (C=O) groups excluding carboxylic acids is 7. The van der Waals surface area contributed by atoms with Gasteiger partial charge in [-0.3, -0.25) is 33.6 Å². The van der Waals surface area contributed by atoms with E-state index in [0.717, 1.165) is 9.80 Å². The Hall–Kier alpha value is -4.33. The third-order valence-corrected chi connectivity index (χ3v) is 12.9. The highest BCUT2D eigenvalue weighted by Gasteiger charge is 2.75. The normalized spacial score (nSPS) is 26.9. The van der Waals surface area contributed by atoms with Crippen molar-refractivity contribution in [3.63, 3.8) is 0 Å². The molecule has 6 atom stereocenters. The molecule has 2 aliphatic carbocycles. The van der Waals surface area contributed by atoms with Gasteiger partial charge >= 0.3 is 6.18 Å². The van der Waals surface area contributed by atoms with Gasteiger partial charge in [0.1, 0.15) is 41.9 Å². The van der Waals surface area contributed by atoms with E-state index in [2.05, 4.69) is 21.3 Å². The average Bonchev–Trinajstić information content (AvgIpc) is 3.86. The second kappa shape index (κ2) is 19.0. The molecule has 0 bridgehead atoms. The minimum absolute atomic E-state index is 0.0145. The monoisotopic (exact) mass is 939 g/mol. The number of nitrogens with zero attached hydrogens (tertiary/aromatic N) is 3. The number of carbonyl (C=O) groups is 7. The fourth-order valence-electron chi connectivity index (χ4n) is 8.53. The zero-order chi connectivity index (χ0) is 47.0. The van der Waals surface area contributed by atoms with Crippen molar-refractivity contribution in [1.82, 2.24) is 36.0 Å². The molecule has 2 saturated heterocycles. The van der Waals surface area contributed by atoms with Gasteiger partial charge in [0.25, 0.3) is 5.92 Å². The van der Waals surface area contributed by atoms with Crippen molar-refractivity contribution in [2.45, 2.75) is 139 Å². The van der Waals surface area contributed by atoms with Crippen LogP contribution in [0, 0.1) is 11.3 Å². The lowest BCUT2D eigenvalue weighted by Crippen LogP contribution is -2.65. The lowest BCUT2D eigenvalue weighted by molar-refractivity contribution is -0.299. The van der Waals surface area contributed by atoms with Crippen LogP contribution in [-0.2, 0) is 40.0 Å². The van der Waals surface area contributed by atoms with Crippen molar-refractivity contribution in [1.29, 1.82) is 0 Å². The van der Waals surface area contributed by atoms with Gasteiger partial charge in [-0.2, -0.15) is 13.2 Å². The fourth-order valence-corrected chi connectivity index (χ4v) is 8.92. The zero-order valence-corrected chi connectivity index (χ0v) is 37.0. The summed E-state index contributed by atoms with van der Waals surface area (Å²) in [4.78, 5) is 99.2. The van der Waals surface area contributed by atoms with Gasteiger partial charge in [0.15, 0.2) is 5.41 Å². The maximum absolute atomic E-state index is 14.7. The summed E-state index contributed by atoms with van der Waals surface area (Å²) >= 11 is 12.7. The number of halogens is 8. The molecule has 4 fully saturated rings. The number of alkyl halides is 6. The van der Waals surface area contributed by atoms with E-state index in [1.165, 1.54) is 27.1 Å². The van der Waals surface area contributed by atoms with Crippen LogP contribution in [0.25, 0.3) is 0 Å². The van der Waals surface area contributed by atoms with Crippen LogP contribution in [0.15, 0.2) is 18.2 Å². The second-order valence-corrected chi connectivity index (χ2v) is 18.6. The van der Waals surface area contributed by atoms with E-state index in [9.17, 15) is 59.9 Å². The number of likely N-dealkylation sites (tertiary alicyclic amines) is 1. The number of amides is 7. The lowest BCUT2D eigenvalue weighted by Gasteiger charge is -2.48. The first kappa shape index (κ1) is 49.7. The van der Waals surface area contributed by atoms with Gasteiger partial charge in [-0.05, 0) is 75.1 Å². The number of likely N-dealkylation sites (N-methyl/N-ethyl adjacent to an activating group) is 2. The minimum atomic E-state index is -5.42. The first-order valence-electron chi connectivity index (χ1n) is 20.8. The summed E-state index contributed by atoms with van der Waals surface area (Å²) in [5.41, 5.74) is -4.29. The fraction of sp³-hybridized carbons (Fsp3) is 0.683. The molecule has 1 spiro atoms. The van der Waals surface area contributed by atoms with E-state index in [1.54, 1.807) is 26.0 Å². The van der Waals surface area contributed by atoms with E-state index in [4.69, 9.17) is 23.2 Å². The summed E-state index contributed by atoms with van der Waals surface area (Å²) in [5, 5.41) is 11.3. The largest absolute Gasteiger partial charge is 0.403 e. The molecule has 2 heterocycles. The topological polar surface area (TPSA) is 177 Å². The Kier molecular flexibility index (Phi) is 15.0. The van der Waals surface area contributed by atoms with Crippen LogP contribution in [0.1, 0.15) is 84.1 Å². The van der Waals surface area contributed by atoms with Crippen LogP contribution in [0.2, 0.25) is 10.0 Å². The van der Waals surface area contributed by atoms with Crippen LogP contribution in [0.4, 0.5) is 26.3 Å². The summed E-state index contributed by atoms with van der Waals surface area (Å²) in [6.45, 7) is 3.97. The maximum Gasteiger partial charge on any atom is 0.403 e. The number of benzene rings is 1. The molecule has 0 radical (unpaired) electrons.